The highest BCUT2D eigenvalue weighted by Crippen LogP contribution is 2.28. The molecule has 0 spiro atoms. The largest absolute Gasteiger partial charge is 0.493 e. The van der Waals surface area contributed by atoms with Crippen LogP contribution in [0.5, 0.6) is 11.5 Å². The molecule has 1 unspecified atom stereocenters. The standard InChI is InChI=1S/C16H23NO4/c1-3-21-14-5-4-12(8-15(14)20-2)6-7-17-10-13(11-18)9-16(17)19/h4-5,8,13,18H,3,6-7,9-11H2,1-2H3. The summed E-state index contributed by atoms with van der Waals surface area (Å²) < 4.78 is 10.8. The van der Waals surface area contributed by atoms with Gasteiger partial charge in [-0.2, -0.15) is 0 Å². The van der Waals surface area contributed by atoms with Crippen LogP contribution in [-0.4, -0.2) is 49.3 Å². The topological polar surface area (TPSA) is 59.0 Å². The van der Waals surface area contributed by atoms with Gasteiger partial charge in [0.05, 0.1) is 13.7 Å². The lowest BCUT2D eigenvalue weighted by Gasteiger charge is -2.17. The van der Waals surface area contributed by atoms with Crippen LogP contribution in [-0.2, 0) is 11.2 Å². The first kappa shape index (κ1) is 15.6. The zero-order valence-electron chi connectivity index (χ0n) is 12.7. The average molecular weight is 293 g/mol. The molecule has 5 nitrogen and oxygen atoms in total. The van der Waals surface area contributed by atoms with E-state index in [0.717, 1.165) is 23.5 Å². The summed E-state index contributed by atoms with van der Waals surface area (Å²) in [6.07, 6.45) is 1.23. The van der Waals surface area contributed by atoms with Gasteiger partial charge in [0.1, 0.15) is 0 Å². The maximum atomic E-state index is 11.8. The zero-order valence-corrected chi connectivity index (χ0v) is 12.7. The molecule has 1 aromatic carbocycles. The molecule has 21 heavy (non-hydrogen) atoms. The van der Waals surface area contributed by atoms with Crippen LogP contribution in [0.2, 0.25) is 0 Å². The lowest BCUT2D eigenvalue weighted by molar-refractivity contribution is -0.127. The first-order valence-corrected chi connectivity index (χ1v) is 7.36. The Morgan fingerprint density at radius 1 is 1.38 bits per heavy atom. The van der Waals surface area contributed by atoms with Crippen molar-refractivity contribution in [3.05, 3.63) is 23.8 Å². The van der Waals surface area contributed by atoms with Gasteiger partial charge >= 0.3 is 0 Å². The van der Waals surface area contributed by atoms with E-state index in [1.54, 1.807) is 7.11 Å². The molecule has 1 aliphatic rings. The molecule has 0 saturated carbocycles. The third-order valence-corrected chi connectivity index (χ3v) is 3.75. The van der Waals surface area contributed by atoms with Gasteiger partial charge in [0.15, 0.2) is 11.5 Å². The van der Waals surface area contributed by atoms with Gasteiger partial charge in [0.25, 0.3) is 0 Å². The second-order valence-electron chi connectivity index (χ2n) is 5.26. The van der Waals surface area contributed by atoms with Crippen LogP contribution in [0.1, 0.15) is 18.9 Å². The fourth-order valence-corrected chi connectivity index (χ4v) is 2.60. The summed E-state index contributed by atoms with van der Waals surface area (Å²) in [5.41, 5.74) is 1.11. The van der Waals surface area contributed by atoms with Crippen LogP contribution in [0.3, 0.4) is 0 Å². The number of hydrogen-bond acceptors (Lipinski definition) is 4. The molecule has 0 bridgehead atoms. The molecule has 1 aliphatic heterocycles. The maximum absolute atomic E-state index is 11.8. The van der Waals surface area contributed by atoms with Crippen molar-refractivity contribution < 1.29 is 19.4 Å². The summed E-state index contributed by atoms with van der Waals surface area (Å²) in [6, 6.07) is 5.85. The van der Waals surface area contributed by atoms with Gasteiger partial charge in [-0.05, 0) is 31.0 Å². The number of hydrogen-bond donors (Lipinski definition) is 1. The van der Waals surface area contributed by atoms with E-state index in [1.807, 2.05) is 30.0 Å². The predicted octanol–water partition coefficient (Wildman–Crippen LogP) is 1.48. The van der Waals surface area contributed by atoms with Gasteiger partial charge in [-0.15, -0.1) is 0 Å². The van der Waals surface area contributed by atoms with E-state index in [9.17, 15) is 4.79 Å². The maximum Gasteiger partial charge on any atom is 0.223 e. The van der Waals surface area contributed by atoms with Gasteiger partial charge in [0.2, 0.25) is 5.91 Å². The number of benzene rings is 1. The number of likely N-dealkylation sites (tertiary alicyclic amines) is 1. The molecule has 1 fully saturated rings. The summed E-state index contributed by atoms with van der Waals surface area (Å²) in [6.45, 7) is 3.94. The molecule has 1 atom stereocenters. The van der Waals surface area contributed by atoms with Gasteiger partial charge in [-0.3, -0.25) is 4.79 Å². The Bertz CT molecular complexity index is 489. The third kappa shape index (κ3) is 3.88. The van der Waals surface area contributed by atoms with E-state index in [4.69, 9.17) is 14.6 Å². The molecule has 2 rings (SSSR count). The smallest absolute Gasteiger partial charge is 0.223 e. The molecule has 1 saturated heterocycles. The summed E-state index contributed by atoms with van der Waals surface area (Å²) in [5.74, 6) is 1.68. The zero-order chi connectivity index (χ0) is 15.2. The van der Waals surface area contributed by atoms with Crippen molar-refractivity contribution in [1.29, 1.82) is 0 Å². The first-order chi connectivity index (χ1) is 10.2. The fraction of sp³-hybridized carbons (Fsp3) is 0.562. The Labute approximate surface area is 125 Å². The first-order valence-electron chi connectivity index (χ1n) is 7.36. The highest BCUT2D eigenvalue weighted by atomic mass is 16.5. The average Bonchev–Trinajstić information content (AvgIpc) is 2.87. The summed E-state index contributed by atoms with van der Waals surface area (Å²) in [4.78, 5) is 13.6. The van der Waals surface area contributed by atoms with Gasteiger partial charge < -0.3 is 19.5 Å². The van der Waals surface area contributed by atoms with Crippen molar-refractivity contribution in [2.75, 3.05) is 33.4 Å². The number of carbonyl (C=O) groups is 1. The van der Waals surface area contributed by atoms with E-state index < -0.39 is 0 Å². The number of ether oxygens (including phenoxy) is 2. The number of amides is 1. The molecule has 1 aromatic rings. The van der Waals surface area contributed by atoms with Crippen molar-refractivity contribution >= 4 is 5.91 Å². The Balaban J connectivity index is 1.96. The second kappa shape index (κ2) is 7.31. The Kier molecular flexibility index (Phi) is 5.44. The highest BCUT2D eigenvalue weighted by molar-refractivity contribution is 5.78. The lowest BCUT2D eigenvalue weighted by Crippen LogP contribution is -2.27. The monoisotopic (exact) mass is 293 g/mol. The minimum Gasteiger partial charge on any atom is -0.493 e. The Morgan fingerprint density at radius 2 is 2.19 bits per heavy atom. The van der Waals surface area contributed by atoms with Crippen LogP contribution in [0.25, 0.3) is 0 Å². The molecule has 0 radical (unpaired) electrons. The van der Waals surface area contributed by atoms with Crippen molar-refractivity contribution in [2.24, 2.45) is 5.92 Å². The number of aliphatic hydroxyl groups excluding tert-OH is 1. The molecule has 116 valence electrons. The van der Waals surface area contributed by atoms with E-state index in [-0.39, 0.29) is 18.4 Å². The van der Waals surface area contributed by atoms with Crippen molar-refractivity contribution in [3.63, 3.8) is 0 Å². The van der Waals surface area contributed by atoms with Crippen LogP contribution in [0, 0.1) is 5.92 Å². The van der Waals surface area contributed by atoms with Crippen LogP contribution < -0.4 is 9.47 Å². The van der Waals surface area contributed by atoms with E-state index in [0.29, 0.717) is 26.1 Å². The van der Waals surface area contributed by atoms with Gasteiger partial charge in [-0.1, -0.05) is 6.07 Å². The molecule has 0 aromatic heterocycles. The van der Waals surface area contributed by atoms with Gasteiger partial charge in [0, 0.05) is 32.0 Å². The SMILES string of the molecule is CCOc1ccc(CCN2CC(CO)CC2=O)cc1OC. The number of rotatable bonds is 7. The van der Waals surface area contributed by atoms with Crippen LogP contribution >= 0.6 is 0 Å². The predicted molar refractivity (Wildman–Crippen MR) is 79.6 cm³/mol. The molecule has 5 heteroatoms. The number of methoxy groups -OCH3 is 1. The number of nitrogens with zero attached hydrogens (tertiary/aromatic N) is 1. The molecule has 1 N–H and O–H groups in total. The minimum atomic E-state index is 0.0825. The minimum absolute atomic E-state index is 0.0825. The van der Waals surface area contributed by atoms with E-state index in [1.165, 1.54) is 0 Å². The molecule has 0 aliphatic carbocycles. The van der Waals surface area contributed by atoms with Crippen LogP contribution in [0.4, 0.5) is 0 Å². The number of carbonyl (C=O) groups excluding carboxylic acids is 1. The Morgan fingerprint density at radius 3 is 2.81 bits per heavy atom. The molecular weight excluding hydrogens is 270 g/mol. The summed E-state index contributed by atoms with van der Waals surface area (Å²) >= 11 is 0. The normalized spacial score (nSPS) is 18.1. The Hall–Kier alpha value is -1.75. The van der Waals surface area contributed by atoms with Gasteiger partial charge in [-0.25, -0.2) is 0 Å². The summed E-state index contributed by atoms with van der Waals surface area (Å²) in [5, 5.41) is 9.13. The quantitative estimate of drug-likeness (QED) is 0.827. The molecule has 1 amide bonds. The van der Waals surface area contributed by atoms with E-state index in [2.05, 4.69) is 0 Å². The molecule has 1 heterocycles. The lowest BCUT2D eigenvalue weighted by atomic mass is 10.1. The highest BCUT2D eigenvalue weighted by Gasteiger charge is 2.28. The van der Waals surface area contributed by atoms with Crippen LogP contribution in [0.15, 0.2) is 18.2 Å². The second-order valence-corrected chi connectivity index (χ2v) is 5.26. The molecular formula is C16H23NO4. The van der Waals surface area contributed by atoms with Crippen molar-refractivity contribution in [2.45, 2.75) is 19.8 Å². The van der Waals surface area contributed by atoms with Crippen molar-refractivity contribution in [3.8, 4) is 11.5 Å². The van der Waals surface area contributed by atoms with Crippen molar-refractivity contribution in [1.82, 2.24) is 4.90 Å². The third-order valence-electron chi connectivity index (χ3n) is 3.75. The summed E-state index contributed by atoms with van der Waals surface area (Å²) in [7, 11) is 1.62. The fourth-order valence-electron chi connectivity index (χ4n) is 2.60. The van der Waals surface area contributed by atoms with E-state index >= 15 is 0 Å². The number of aliphatic hydroxyl groups is 1.